The average Bonchev–Trinajstić information content (AvgIpc) is 3.23. The first kappa shape index (κ1) is 22.7. The van der Waals surface area contributed by atoms with E-state index >= 15 is 4.39 Å². The Balaban J connectivity index is 1.76. The fourth-order valence-corrected chi connectivity index (χ4v) is 4.32. The number of halogens is 1. The molecule has 0 fully saturated rings. The molecule has 3 N–H and O–H groups in total. The standard InChI is InChI=1S/C25H18FN7O3/c1-12-5-15-17(8-27)22(19(26)7-20(15)28-9-12)23-18(10-30-33(23)2)13-3-4-14-16(6-13)21(11-29-25(35)36)31-32-24(14)34/h3-7,9-10,29H,11H2,1-2H3,(H,32,34)(H,35,36). The van der Waals surface area contributed by atoms with Crippen LogP contribution in [0, 0.1) is 24.1 Å². The van der Waals surface area contributed by atoms with Crippen molar-refractivity contribution in [1.29, 1.82) is 5.26 Å². The molecule has 0 saturated carbocycles. The van der Waals surface area contributed by atoms with E-state index in [0.29, 0.717) is 44.2 Å². The summed E-state index contributed by atoms with van der Waals surface area (Å²) in [4.78, 5) is 27.6. The zero-order valence-electron chi connectivity index (χ0n) is 19.1. The Bertz CT molecular complexity index is 1800. The van der Waals surface area contributed by atoms with Crippen molar-refractivity contribution in [2.75, 3.05) is 0 Å². The van der Waals surface area contributed by atoms with E-state index in [1.807, 2.05) is 6.92 Å². The maximum atomic E-state index is 15.5. The van der Waals surface area contributed by atoms with Crippen molar-refractivity contribution in [3.8, 4) is 28.5 Å². The van der Waals surface area contributed by atoms with Gasteiger partial charge >= 0.3 is 6.09 Å². The number of nitrogens with zero attached hydrogens (tertiary/aromatic N) is 5. The first-order valence-electron chi connectivity index (χ1n) is 10.8. The third kappa shape index (κ3) is 3.70. The number of aryl methyl sites for hydroxylation is 2. The Labute approximate surface area is 202 Å². The fraction of sp³-hybridized carbons (Fsp3) is 0.120. The number of carbonyl (C=O) groups is 1. The summed E-state index contributed by atoms with van der Waals surface area (Å²) >= 11 is 0. The van der Waals surface area contributed by atoms with Crippen LogP contribution in [0.3, 0.4) is 0 Å². The molecule has 178 valence electrons. The number of hydrogen-bond acceptors (Lipinski definition) is 6. The summed E-state index contributed by atoms with van der Waals surface area (Å²) in [5, 5.41) is 33.2. The molecule has 10 nitrogen and oxygen atoms in total. The topological polar surface area (TPSA) is 150 Å². The van der Waals surface area contributed by atoms with Gasteiger partial charge in [0.15, 0.2) is 0 Å². The second-order valence-corrected chi connectivity index (χ2v) is 8.25. The summed E-state index contributed by atoms with van der Waals surface area (Å²) in [6.07, 6.45) is 1.92. The molecule has 0 bridgehead atoms. The van der Waals surface area contributed by atoms with Gasteiger partial charge in [0.05, 0.1) is 46.2 Å². The maximum Gasteiger partial charge on any atom is 0.404 e. The van der Waals surface area contributed by atoms with Gasteiger partial charge in [-0.1, -0.05) is 6.07 Å². The van der Waals surface area contributed by atoms with Crippen molar-refractivity contribution in [3.05, 3.63) is 75.7 Å². The SMILES string of the molecule is Cc1cnc2cc(F)c(-c3c(-c4ccc5c(=O)[nH]nc(CNC(=O)O)c5c4)cnn3C)c(C#N)c2c1. The lowest BCUT2D eigenvalue weighted by Crippen LogP contribution is -2.22. The molecule has 0 aliphatic heterocycles. The molecule has 0 aliphatic rings. The summed E-state index contributed by atoms with van der Waals surface area (Å²) in [5.41, 5.74) is 2.78. The van der Waals surface area contributed by atoms with Crippen LogP contribution in [0.1, 0.15) is 16.8 Å². The molecule has 0 radical (unpaired) electrons. The van der Waals surface area contributed by atoms with Crippen LogP contribution < -0.4 is 10.9 Å². The maximum absolute atomic E-state index is 15.5. The number of nitriles is 1. The summed E-state index contributed by atoms with van der Waals surface area (Å²) in [7, 11) is 1.65. The number of fused-ring (bicyclic) bond motifs is 2. The highest BCUT2D eigenvalue weighted by molar-refractivity contribution is 5.97. The average molecular weight is 483 g/mol. The molecule has 0 aliphatic carbocycles. The van der Waals surface area contributed by atoms with Gasteiger partial charge in [-0.3, -0.25) is 14.5 Å². The van der Waals surface area contributed by atoms with Crippen LogP contribution in [0.25, 0.3) is 44.1 Å². The van der Waals surface area contributed by atoms with Gasteiger partial charge in [-0.25, -0.2) is 14.3 Å². The predicted octanol–water partition coefficient (Wildman–Crippen LogP) is 3.63. The van der Waals surface area contributed by atoms with E-state index in [4.69, 9.17) is 5.11 Å². The van der Waals surface area contributed by atoms with E-state index in [9.17, 15) is 14.9 Å². The van der Waals surface area contributed by atoms with Crippen molar-refractivity contribution < 1.29 is 14.3 Å². The second kappa shape index (κ2) is 8.59. The molecule has 0 unspecified atom stereocenters. The van der Waals surface area contributed by atoms with Crippen molar-refractivity contribution in [2.24, 2.45) is 7.05 Å². The van der Waals surface area contributed by atoms with Crippen LogP contribution in [-0.2, 0) is 13.6 Å². The van der Waals surface area contributed by atoms with Crippen molar-refractivity contribution >= 4 is 27.8 Å². The Morgan fingerprint density at radius 1 is 1.22 bits per heavy atom. The van der Waals surface area contributed by atoms with E-state index in [-0.39, 0.29) is 17.7 Å². The smallest absolute Gasteiger partial charge is 0.404 e. The Kier molecular flexibility index (Phi) is 5.41. The van der Waals surface area contributed by atoms with E-state index in [1.165, 1.54) is 10.7 Å². The quantitative estimate of drug-likeness (QED) is 0.353. The third-order valence-electron chi connectivity index (χ3n) is 5.95. The van der Waals surface area contributed by atoms with Gasteiger partial charge < -0.3 is 10.4 Å². The molecular formula is C25H18FN7O3. The Morgan fingerprint density at radius 3 is 2.78 bits per heavy atom. The zero-order chi connectivity index (χ0) is 25.6. The van der Waals surface area contributed by atoms with Crippen molar-refractivity contribution in [1.82, 2.24) is 30.3 Å². The highest BCUT2D eigenvalue weighted by Crippen LogP contribution is 2.38. The molecule has 0 spiro atoms. The monoisotopic (exact) mass is 483 g/mol. The van der Waals surface area contributed by atoms with Gasteiger partial charge in [0.1, 0.15) is 11.9 Å². The van der Waals surface area contributed by atoms with Crippen LogP contribution in [-0.4, -0.2) is 36.2 Å². The van der Waals surface area contributed by atoms with E-state index in [0.717, 1.165) is 5.56 Å². The molecule has 3 aromatic heterocycles. The van der Waals surface area contributed by atoms with Crippen LogP contribution in [0.2, 0.25) is 0 Å². The van der Waals surface area contributed by atoms with E-state index in [1.54, 1.807) is 43.7 Å². The van der Waals surface area contributed by atoms with E-state index < -0.39 is 17.5 Å². The van der Waals surface area contributed by atoms with Crippen LogP contribution >= 0.6 is 0 Å². The van der Waals surface area contributed by atoms with Gasteiger partial charge in [-0.05, 0) is 36.2 Å². The number of pyridine rings is 1. The highest BCUT2D eigenvalue weighted by atomic mass is 19.1. The molecule has 0 atom stereocenters. The summed E-state index contributed by atoms with van der Waals surface area (Å²) < 4.78 is 17.0. The normalized spacial score (nSPS) is 11.1. The molecule has 3 heterocycles. The lowest BCUT2D eigenvalue weighted by Gasteiger charge is -2.13. The number of benzene rings is 2. The summed E-state index contributed by atoms with van der Waals surface area (Å²) in [5.74, 6) is -0.620. The minimum atomic E-state index is -1.23. The van der Waals surface area contributed by atoms with Gasteiger partial charge in [0.25, 0.3) is 5.56 Å². The molecule has 5 aromatic rings. The molecule has 36 heavy (non-hydrogen) atoms. The predicted molar refractivity (Wildman–Crippen MR) is 130 cm³/mol. The molecular weight excluding hydrogens is 465 g/mol. The van der Waals surface area contributed by atoms with Gasteiger partial charge in [0, 0.05) is 35.6 Å². The van der Waals surface area contributed by atoms with Gasteiger partial charge in [-0.15, -0.1) is 0 Å². The second-order valence-electron chi connectivity index (χ2n) is 8.25. The van der Waals surface area contributed by atoms with Crippen LogP contribution in [0.15, 0.2) is 47.5 Å². The van der Waals surface area contributed by atoms with Gasteiger partial charge in [-0.2, -0.15) is 15.5 Å². The number of hydrogen-bond donors (Lipinski definition) is 3. The summed E-state index contributed by atoms with van der Waals surface area (Å²) in [6.45, 7) is 1.71. The molecule has 2 aromatic carbocycles. The largest absolute Gasteiger partial charge is 0.465 e. The Hall–Kier alpha value is -5.11. The lowest BCUT2D eigenvalue weighted by molar-refractivity contribution is 0.194. The first-order valence-corrected chi connectivity index (χ1v) is 10.8. The zero-order valence-corrected chi connectivity index (χ0v) is 19.1. The first-order chi connectivity index (χ1) is 17.3. The summed E-state index contributed by atoms with van der Waals surface area (Å²) in [6, 6.07) is 10.2. The molecule has 11 heteroatoms. The minimum absolute atomic E-state index is 0.0873. The van der Waals surface area contributed by atoms with Crippen molar-refractivity contribution in [3.63, 3.8) is 0 Å². The lowest BCUT2D eigenvalue weighted by atomic mass is 9.93. The minimum Gasteiger partial charge on any atom is -0.465 e. The third-order valence-corrected chi connectivity index (χ3v) is 5.95. The number of nitrogens with one attached hydrogen (secondary N) is 2. The number of aromatic amines is 1. The number of aromatic nitrogens is 5. The van der Waals surface area contributed by atoms with Crippen LogP contribution in [0.5, 0.6) is 0 Å². The highest BCUT2D eigenvalue weighted by Gasteiger charge is 2.23. The fourth-order valence-electron chi connectivity index (χ4n) is 4.32. The number of rotatable bonds is 4. The molecule has 5 rings (SSSR count). The van der Waals surface area contributed by atoms with Crippen LogP contribution in [0.4, 0.5) is 9.18 Å². The number of H-pyrrole nitrogens is 1. The van der Waals surface area contributed by atoms with E-state index in [2.05, 4.69) is 31.7 Å². The van der Waals surface area contributed by atoms with Crippen molar-refractivity contribution in [2.45, 2.75) is 13.5 Å². The number of carboxylic acid groups (broad SMARTS) is 1. The Morgan fingerprint density at radius 2 is 2.03 bits per heavy atom. The van der Waals surface area contributed by atoms with Gasteiger partial charge in [0.2, 0.25) is 0 Å². The molecule has 1 amide bonds. The molecule has 0 saturated heterocycles. The number of amides is 1.